The maximum Gasteiger partial charge on any atom is 0.246 e. The van der Waals surface area contributed by atoms with Crippen molar-refractivity contribution >= 4 is 12.0 Å². The molecule has 0 aliphatic carbocycles. The lowest BCUT2D eigenvalue weighted by Crippen LogP contribution is -2.37. The normalized spacial score (nSPS) is 11.4. The van der Waals surface area contributed by atoms with Gasteiger partial charge in [-0.2, -0.15) is 5.10 Å². The van der Waals surface area contributed by atoms with Gasteiger partial charge in [0.1, 0.15) is 0 Å². The van der Waals surface area contributed by atoms with Gasteiger partial charge in [0.25, 0.3) is 0 Å². The van der Waals surface area contributed by atoms with E-state index in [9.17, 15) is 4.79 Å². The first-order chi connectivity index (χ1) is 12.1. The Morgan fingerprint density at radius 3 is 2.64 bits per heavy atom. The number of hydrogen-bond donors (Lipinski definition) is 0. The summed E-state index contributed by atoms with van der Waals surface area (Å²) in [6, 6.07) is 9.87. The fourth-order valence-electron chi connectivity index (χ4n) is 2.27. The predicted molar refractivity (Wildman–Crippen MR) is 99.6 cm³/mol. The number of benzene rings is 1. The Morgan fingerprint density at radius 1 is 1.20 bits per heavy atom. The molecule has 0 aliphatic rings. The maximum absolute atomic E-state index is 12.4. The molecule has 25 heavy (non-hydrogen) atoms. The van der Waals surface area contributed by atoms with Gasteiger partial charge in [0.2, 0.25) is 5.91 Å². The van der Waals surface area contributed by atoms with Gasteiger partial charge in [-0.1, -0.05) is 18.2 Å². The zero-order valence-corrected chi connectivity index (χ0v) is 15.1. The molecule has 1 amide bonds. The molecule has 6 nitrogen and oxygen atoms in total. The molecule has 0 N–H and O–H groups in total. The summed E-state index contributed by atoms with van der Waals surface area (Å²) in [5.74, 6) is -0.0219. The molecule has 1 aromatic carbocycles. The van der Waals surface area contributed by atoms with Gasteiger partial charge in [-0.25, -0.2) is 4.68 Å². The van der Waals surface area contributed by atoms with Crippen molar-refractivity contribution in [1.82, 2.24) is 19.6 Å². The van der Waals surface area contributed by atoms with Gasteiger partial charge in [0, 0.05) is 44.6 Å². The second-order valence-electron chi connectivity index (χ2n) is 6.01. The van der Waals surface area contributed by atoms with Crippen molar-refractivity contribution in [1.29, 1.82) is 0 Å². The first-order valence-corrected chi connectivity index (χ1v) is 8.31. The van der Waals surface area contributed by atoms with Crippen LogP contribution in [-0.4, -0.2) is 72.9 Å². The van der Waals surface area contributed by atoms with Crippen molar-refractivity contribution in [2.75, 3.05) is 47.4 Å². The van der Waals surface area contributed by atoms with Crippen LogP contribution in [0.15, 0.2) is 48.8 Å². The quantitative estimate of drug-likeness (QED) is 0.654. The molecule has 6 heteroatoms. The monoisotopic (exact) mass is 342 g/mol. The molecule has 1 heterocycles. The van der Waals surface area contributed by atoms with Crippen LogP contribution in [0.3, 0.4) is 0 Å². The summed E-state index contributed by atoms with van der Waals surface area (Å²) in [6.07, 6.45) is 7.04. The van der Waals surface area contributed by atoms with Crippen LogP contribution in [0.4, 0.5) is 0 Å². The number of likely N-dealkylation sites (N-methyl/N-ethyl adjacent to an activating group) is 1. The van der Waals surface area contributed by atoms with Crippen LogP contribution >= 0.6 is 0 Å². The van der Waals surface area contributed by atoms with Crippen LogP contribution in [0.25, 0.3) is 11.8 Å². The summed E-state index contributed by atoms with van der Waals surface area (Å²) in [6.45, 7) is 2.59. The largest absolute Gasteiger partial charge is 0.383 e. The van der Waals surface area contributed by atoms with E-state index in [-0.39, 0.29) is 5.91 Å². The summed E-state index contributed by atoms with van der Waals surface area (Å²) in [7, 11) is 5.63. The number of aromatic nitrogens is 2. The van der Waals surface area contributed by atoms with Gasteiger partial charge in [-0.05, 0) is 32.3 Å². The molecule has 0 saturated carbocycles. The minimum atomic E-state index is -0.0219. The van der Waals surface area contributed by atoms with E-state index in [4.69, 9.17) is 4.74 Å². The van der Waals surface area contributed by atoms with Crippen molar-refractivity contribution in [2.24, 2.45) is 0 Å². The Kier molecular flexibility index (Phi) is 7.37. The Balaban J connectivity index is 2.00. The standard InChI is InChI=1S/C19H26N4O2/c1-21(2)11-12-22(13-14-25-3)19(24)10-9-17-15-20-23(16-17)18-7-5-4-6-8-18/h4-10,15-16H,11-14H2,1-3H3. The second kappa shape index (κ2) is 9.76. The maximum atomic E-state index is 12.4. The van der Waals surface area contributed by atoms with E-state index in [1.807, 2.05) is 50.6 Å². The molecule has 0 unspecified atom stereocenters. The number of carbonyl (C=O) groups is 1. The molecule has 2 rings (SSSR count). The minimum Gasteiger partial charge on any atom is -0.383 e. The molecule has 0 bridgehead atoms. The van der Waals surface area contributed by atoms with Crippen LogP contribution in [0.1, 0.15) is 5.56 Å². The number of hydrogen-bond acceptors (Lipinski definition) is 4. The van der Waals surface area contributed by atoms with Gasteiger partial charge in [0.15, 0.2) is 0 Å². The first-order valence-electron chi connectivity index (χ1n) is 8.31. The fraction of sp³-hybridized carbons (Fsp3) is 0.368. The van der Waals surface area contributed by atoms with E-state index in [1.165, 1.54) is 0 Å². The Bertz CT molecular complexity index is 680. The van der Waals surface area contributed by atoms with Gasteiger partial charge in [-0.15, -0.1) is 0 Å². The van der Waals surface area contributed by atoms with E-state index in [2.05, 4.69) is 10.00 Å². The number of ether oxygens (including phenoxy) is 1. The minimum absolute atomic E-state index is 0.0219. The van der Waals surface area contributed by atoms with E-state index >= 15 is 0 Å². The Hall–Kier alpha value is -2.44. The number of para-hydroxylation sites is 1. The third-order valence-corrected chi connectivity index (χ3v) is 3.74. The molecular weight excluding hydrogens is 316 g/mol. The number of rotatable bonds is 9. The molecule has 0 spiro atoms. The van der Waals surface area contributed by atoms with Crippen molar-refractivity contribution in [3.63, 3.8) is 0 Å². The lowest BCUT2D eigenvalue weighted by Gasteiger charge is -2.22. The number of amides is 1. The highest BCUT2D eigenvalue weighted by Gasteiger charge is 2.10. The molecule has 0 fully saturated rings. The Labute approximate surface area is 149 Å². The van der Waals surface area contributed by atoms with Crippen molar-refractivity contribution in [2.45, 2.75) is 0 Å². The van der Waals surface area contributed by atoms with E-state index in [0.29, 0.717) is 19.7 Å². The fourth-order valence-corrected chi connectivity index (χ4v) is 2.27. The topological polar surface area (TPSA) is 50.6 Å². The van der Waals surface area contributed by atoms with Crippen LogP contribution < -0.4 is 0 Å². The molecule has 0 atom stereocenters. The average molecular weight is 342 g/mol. The highest BCUT2D eigenvalue weighted by Crippen LogP contribution is 2.09. The summed E-state index contributed by atoms with van der Waals surface area (Å²) in [4.78, 5) is 16.3. The van der Waals surface area contributed by atoms with Gasteiger partial charge < -0.3 is 14.5 Å². The third-order valence-electron chi connectivity index (χ3n) is 3.74. The molecule has 0 saturated heterocycles. The van der Waals surface area contributed by atoms with E-state index in [0.717, 1.165) is 17.8 Å². The lowest BCUT2D eigenvalue weighted by molar-refractivity contribution is -0.126. The zero-order chi connectivity index (χ0) is 18.1. The molecule has 0 aliphatic heterocycles. The molecule has 0 radical (unpaired) electrons. The highest BCUT2D eigenvalue weighted by molar-refractivity contribution is 5.91. The smallest absolute Gasteiger partial charge is 0.246 e. The van der Waals surface area contributed by atoms with Crippen molar-refractivity contribution in [3.05, 3.63) is 54.4 Å². The van der Waals surface area contributed by atoms with E-state index < -0.39 is 0 Å². The summed E-state index contributed by atoms with van der Waals surface area (Å²) in [5, 5.41) is 4.33. The molecule has 2 aromatic rings. The lowest BCUT2D eigenvalue weighted by atomic mass is 10.3. The summed E-state index contributed by atoms with van der Waals surface area (Å²) in [5.41, 5.74) is 1.87. The molecule has 134 valence electrons. The number of carbonyl (C=O) groups excluding carboxylic acids is 1. The third kappa shape index (κ3) is 6.17. The second-order valence-corrected chi connectivity index (χ2v) is 6.01. The molecule has 1 aromatic heterocycles. The van der Waals surface area contributed by atoms with Crippen molar-refractivity contribution in [3.8, 4) is 5.69 Å². The van der Waals surface area contributed by atoms with Gasteiger partial charge in [0.05, 0.1) is 18.5 Å². The molecular formula is C19H26N4O2. The van der Waals surface area contributed by atoms with Gasteiger partial charge in [-0.3, -0.25) is 4.79 Å². The summed E-state index contributed by atoms with van der Waals surface area (Å²) >= 11 is 0. The zero-order valence-electron chi connectivity index (χ0n) is 15.1. The van der Waals surface area contributed by atoms with Crippen LogP contribution in [0.2, 0.25) is 0 Å². The Morgan fingerprint density at radius 2 is 1.96 bits per heavy atom. The van der Waals surface area contributed by atoms with Crippen LogP contribution in [0.5, 0.6) is 0 Å². The van der Waals surface area contributed by atoms with Gasteiger partial charge >= 0.3 is 0 Å². The predicted octanol–water partition coefficient (Wildman–Crippen LogP) is 1.92. The van der Waals surface area contributed by atoms with E-state index in [1.54, 1.807) is 35.0 Å². The first kappa shape index (κ1) is 18.9. The van der Waals surface area contributed by atoms with Crippen LogP contribution in [0, 0.1) is 0 Å². The van der Waals surface area contributed by atoms with Crippen LogP contribution in [-0.2, 0) is 9.53 Å². The highest BCUT2D eigenvalue weighted by atomic mass is 16.5. The SMILES string of the molecule is COCCN(CCN(C)C)C(=O)C=Cc1cnn(-c2ccccc2)c1. The number of nitrogens with zero attached hydrogens (tertiary/aromatic N) is 4. The number of methoxy groups -OCH3 is 1. The summed E-state index contributed by atoms with van der Waals surface area (Å²) < 4.78 is 6.89. The average Bonchev–Trinajstić information content (AvgIpc) is 3.09. The van der Waals surface area contributed by atoms with Crippen molar-refractivity contribution < 1.29 is 9.53 Å².